The van der Waals surface area contributed by atoms with Gasteiger partial charge in [0.05, 0.1) is 0 Å². The highest BCUT2D eigenvalue weighted by Crippen LogP contribution is 2.08. The molecule has 0 aliphatic heterocycles. The molecule has 4 nitrogen and oxygen atoms in total. The second-order valence-corrected chi connectivity index (χ2v) is 5.31. The molecule has 1 aromatic rings. The molecule has 1 rings (SSSR count). The van der Waals surface area contributed by atoms with Gasteiger partial charge in [-0.3, -0.25) is 9.59 Å². The largest absolute Gasteiger partial charge is 0.349 e. The summed E-state index contributed by atoms with van der Waals surface area (Å²) in [5, 5.41) is 2.82. The van der Waals surface area contributed by atoms with Gasteiger partial charge in [0.1, 0.15) is 5.56 Å². The van der Waals surface area contributed by atoms with Crippen molar-refractivity contribution in [1.29, 1.82) is 0 Å². The monoisotopic (exact) mass is 348 g/mol. The standard InChI is InChI=1S/C12H17IN2O2/c1-4-5-7(2)14-11(16)9-6-10(13)8(3)15-12(9)17/h6-7H,4-5H2,1-3H3,(H,14,16)(H,15,17)/t7-/m1/s1. The summed E-state index contributed by atoms with van der Waals surface area (Å²) in [6, 6.07) is 1.72. The Labute approximate surface area is 114 Å². The van der Waals surface area contributed by atoms with Crippen LogP contribution in [0.2, 0.25) is 0 Å². The Morgan fingerprint density at radius 1 is 1.59 bits per heavy atom. The van der Waals surface area contributed by atoms with Gasteiger partial charge in [-0.2, -0.15) is 0 Å². The lowest BCUT2D eigenvalue weighted by atomic mass is 10.1. The third-order valence-electron chi connectivity index (χ3n) is 2.52. The molecule has 0 aliphatic carbocycles. The summed E-state index contributed by atoms with van der Waals surface area (Å²) >= 11 is 2.10. The van der Waals surface area contributed by atoms with Crippen LogP contribution in [0.4, 0.5) is 0 Å². The van der Waals surface area contributed by atoms with E-state index < -0.39 is 0 Å². The highest BCUT2D eigenvalue weighted by atomic mass is 127. The van der Waals surface area contributed by atoms with Crippen LogP contribution in [0.15, 0.2) is 10.9 Å². The number of aryl methyl sites for hydroxylation is 1. The van der Waals surface area contributed by atoms with Crippen LogP contribution < -0.4 is 10.9 Å². The Hall–Kier alpha value is -0.850. The Kier molecular flexibility index (Phi) is 5.17. The summed E-state index contributed by atoms with van der Waals surface area (Å²) in [4.78, 5) is 26.2. The maximum atomic E-state index is 11.9. The molecule has 0 spiro atoms. The van der Waals surface area contributed by atoms with Gasteiger partial charge in [0.2, 0.25) is 0 Å². The number of carbonyl (C=O) groups is 1. The van der Waals surface area contributed by atoms with Gasteiger partial charge < -0.3 is 10.3 Å². The zero-order valence-electron chi connectivity index (χ0n) is 10.3. The number of nitrogens with one attached hydrogen (secondary N) is 2. The summed E-state index contributed by atoms with van der Waals surface area (Å²) in [6.07, 6.45) is 1.91. The van der Waals surface area contributed by atoms with Crippen molar-refractivity contribution in [2.75, 3.05) is 0 Å². The second kappa shape index (κ2) is 6.18. The van der Waals surface area contributed by atoms with Crippen molar-refractivity contribution in [3.63, 3.8) is 0 Å². The van der Waals surface area contributed by atoms with Gasteiger partial charge in [0, 0.05) is 15.3 Å². The minimum Gasteiger partial charge on any atom is -0.349 e. The molecule has 1 heterocycles. The molecule has 2 N–H and O–H groups in total. The Bertz CT molecular complexity index is 468. The molecule has 0 bridgehead atoms. The van der Waals surface area contributed by atoms with Gasteiger partial charge in [0.25, 0.3) is 11.5 Å². The number of hydrogen-bond donors (Lipinski definition) is 2. The van der Waals surface area contributed by atoms with Crippen LogP contribution >= 0.6 is 22.6 Å². The van der Waals surface area contributed by atoms with Crippen molar-refractivity contribution in [1.82, 2.24) is 10.3 Å². The number of rotatable bonds is 4. The first-order valence-corrected chi connectivity index (χ1v) is 6.73. The number of H-pyrrole nitrogens is 1. The quantitative estimate of drug-likeness (QED) is 0.820. The summed E-state index contributed by atoms with van der Waals surface area (Å²) < 4.78 is 0.885. The number of hydrogen-bond acceptors (Lipinski definition) is 2. The summed E-state index contributed by atoms with van der Waals surface area (Å²) in [5.41, 5.74) is 0.640. The van der Waals surface area contributed by atoms with Crippen molar-refractivity contribution in [2.24, 2.45) is 0 Å². The highest BCUT2D eigenvalue weighted by Gasteiger charge is 2.14. The van der Waals surface area contributed by atoms with Crippen molar-refractivity contribution in [3.8, 4) is 0 Å². The molecule has 5 heteroatoms. The molecule has 0 saturated heterocycles. The molecular formula is C12H17IN2O2. The molecule has 1 aromatic heterocycles. The van der Waals surface area contributed by atoms with E-state index in [1.165, 1.54) is 0 Å². The molecular weight excluding hydrogens is 331 g/mol. The molecule has 94 valence electrons. The number of aromatic amines is 1. The number of halogens is 1. The first-order chi connectivity index (χ1) is 7.95. The second-order valence-electron chi connectivity index (χ2n) is 4.15. The fourth-order valence-electron chi connectivity index (χ4n) is 1.57. The third kappa shape index (κ3) is 3.83. The van der Waals surface area contributed by atoms with Crippen LogP contribution in [0.5, 0.6) is 0 Å². The SMILES string of the molecule is CCC[C@@H](C)NC(=O)c1cc(I)c(C)[nH]c1=O. The molecule has 0 aliphatic rings. The minimum absolute atomic E-state index is 0.0888. The van der Waals surface area contributed by atoms with Crippen molar-refractivity contribution >= 4 is 28.5 Å². The van der Waals surface area contributed by atoms with Gasteiger partial charge in [-0.1, -0.05) is 13.3 Å². The van der Waals surface area contributed by atoms with Crippen LogP contribution in [0.3, 0.4) is 0 Å². The normalized spacial score (nSPS) is 12.2. The minimum atomic E-state index is -0.330. The Morgan fingerprint density at radius 3 is 2.82 bits per heavy atom. The number of amides is 1. The zero-order chi connectivity index (χ0) is 13.0. The average Bonchev–Trinajstić information content (AvgIpc) is 2.23. The predicted octanol–water partition coefficient (Wildman–Crippen LogP) is 2.21. The van der Waals surface area contributed by atoms with Gasteiger partial charge in [-0.25, -0.2) is 0 Å². The summed E-state index contributed by atoms with van der Waals surface area (Å²) in [7, 11) is 0. The van der Waals surface area contributed by atoms with Crippen molar-refractivity contribution in [2.45, 2.75) is 39.7 Å². The van der Waals surface area contributed by atoms with Crippen LogP contribution in [0.1, 0.15) is 42.7 Å². The van der Waals surface area contributed by atoms with E-state index in [1.54, 1.807) is 6.07 Å². The van der Waals surface area contributed by atoms with Gasteiger partial charge in [-0.15, -0.1) is 0 Å². The Morgan fingerprint density at radius 2 is 2.24 bits per heavy atom. The fraction of sp³-hybridized carbons (Fsp3) is 0.500. The molecule has 17 heavy (non-hydrogen) atoms. The number of pyridine rings is 1. The lowest BCUT2D eigenvalue weighted by Gasteiger charge is -2.12. The zero-order valence-corrected chi connectivity index (χ0v) is 12.4. The van der Waals surface area contributed by atoms with E-state index in [0.717, 1.165) is 22.1 Å². The van der Waals surface area contributed by atoms with Crippen molar-refractivity contribution in [3.05, 3.63) is 31.2 Å². The Balaban J connectivity index is 2.90. The van der Waals surface area contributed by atoms with Crippen LogP contribution in [-0.2, 0) is 0 Å². The van der Waals surface area contributed by atoms with Crippen LogP contribution in [0.25, 0.3) is 0 Å². The summed E-state index contributed by atoms with van der Waals surface area (Å²) in [6.45, 7) is 5.81. The van der Waals surface area contributed by atoms with Crippen LogP contribution in [0, 0.1) is 10.5 Å². The first kappa shape index (κ1) is 14.2. The lowest BCUT2D eigenvalue weighted by Crippen LogP contribution is -2.36. The maximum Gasteiger partial charge on any atom is 0.261 e. The van der Waals surface area contributed by atoms with Gasteiger partial charge >= 0.3 is 0 Å². The van der Waals surface area contributed by atoms with Crippen molar-refractivity contribution < 1.29 is 4.79 Å². The topological polar surface area (TPSA) is 62.0 Å². The summed E-state index contributed by atoms with van der Waals surface area (Å²) in [5.74, 6) is -0.301. The van der Waals surface area contributed by atoms with E-state index in [-0.39, 0.29) is 23.1 Å². The van der Waals surface area contributed by atoms with Gasteiger partial charge in [-0.05, 0) is 48.9 Å². The lowest BCUT2D eigenvalue weighted by molar-refractivity contribution is 0.0936. The van der Waals surface area contributed by atoms with E-state index >= 15 is 0 Å². The predicted molar refractivity (Wildman–Crippen MR) is 76.4 cm³/mol. The van der Waals surface area contributed by atoms with E-state index in [0.29, 0.717) is 0 Å². The number of aromatic nitrogens is 1. The molecule has 0 aromatic carbocycles. The fourth-order valence-corrected chi connectivity index (χ4v) is 2.02. The third-order valence-corrected chi connectivity index (χ3v) is 3.64. The molecule has 1 amide bonds. The van der Waals surface area contributed by atoms with E-state index in [9.17, 15) is 9.59 Å². The van der Waals surface area contributed by atoms with Gasteiger partial charge in [0.15, 0.2) is 0 Å². The van der Waals surface area contributed by atoms with Crippen LogP contribution in [-0.4, -0.2) is 16.9 Å². The maximum absolute atomic E-state index is 11.9. The molecule has 0 saturated carbocycles. The highest BCUT2D eigenvalue weighted by molar-refractivity contribution is 14.1. The first-order valence-electron chi connectivity index (χ1n) is 5.66. The van der Waals surface area contributed by atoms with E-state index in [4.69, 9.17) is 0 Å². The molecule has 0 unspecified atom stereocenters. The number of carbonyl (C=O) groups excluding carboxylic acids is 1. The molecule has 0 fully saturated rings. The van der Waals surface area contributed by atoms with E-state index in [2.05, 4.69) is 39.8 Å². The molecule has 1 atom stereocenters. The molecule has 0 radical (unpaired) electrons. The van der Waals surface area contributed by atoms with E-state index in [1.807, 2.05) is 13.8 Å². The average molecular weight is 348 g/mol. The smallest absolute Gasteiger partial charge is 0.261 e.